The van der Waals surface area contributed by atoms with Crippen LogP contribution in [0.2, 0.25) is 0 Å². The van der Waals surface area contributed by atoms with Crippen molar-refractivity contribution < 1.29 is 13.2 Å². The third kappa shape index (κ3) is 3.20. The van der Waals surface area contributed by atoms with Crippen LogP contribution in [0.3, 0.4) is 0 Å². The average Bonchev–Trinajstić information content (AvgIpc) is 2.33. The highest BCUT2D eigenvalue weighted by atomic mass is 32.2. The van der Waals surface area contributed by atoms with E-state index in [9.17, 15) is 13.2 Å². The van der Waals surface area contributed by atoms with Gasteiger partial charge in [-0.3, -0.25) is 0 Å². The Morgan fingerprint density at radius 2 is 1.84 bits per heavy atom. The first-order chi connectivity index (χ1) is 8.88. The van der Waals surface area contributed by atoms with Crippen LogP contribution in [0.5, 0.6) is 0 Å². The molecular weight excluding hydrogens is 273 g/mol. The van der Waals surface area contributed by atoms with Gasteiger partial charge in [-0.15, -0.1) is 0 Å². The van der Waals surface area contributed by atoms with Crippen molar-refractivity contribution in [2.75, 3.05) is 5.73 Å². The van der Waals surface area contributed by atoms with Gasteiger partial charge in [0.2, 0.25) is 0 Å². The van der Waals surface area contributed by atoms with Crippen LogP contribution in [-0.4, -0.2) is 4.98 Å². The number of benzene rings is 1. The molecule has 1 heterocycles. The lowest BCUT2D eigenvalue weighted by Crippen LogP contribution is -2.08. The van der Waals surface area contributed by atoms with Gasteiger partial charge in [-0.2, -0.15) is 13.2 Å². The predicted molar refractivity (Wildman–Crippen MR) is 69.0 cm³/mol. The SMILES string of the molecule is Cc1ccccc1Sc1cc(C(F)(F)F)ncc1N. The van der Waals surface area contributed by atoms with Crippen molar-refractivity contribution in [2.45, 2.75) is 22.9 Å². The van der Waals surface area contributed by atoms with Crippen LogP contribution in [0.1, 0.15) is 11.3 Å². The molecule has 1 aromatic carbocycles. The van der Waals surface area contributed by atoms with E-state index in [1.54, 1.807) is 0 Å². The van der Waals surface area contributed by atoms with E-state index in [2.05, 4.69) is 4.98 Å². The monoisotopic (exact) mass is 284 g/mol. The van der Waals surface area contributed by atoms with Gasteiger partial charge in [0.05, 0.1) is 11.9 Å². The summed E-state index contributed by atoms with van der Waals surface area (Å²) in [4.78, 5) is 4.54. The van der Waals surface area contributed by atoms with Crippen LogP contribution in [0, 0.1) is 6.92 Å². The Balaban J connectivity index is 2.38. The molecule has 0 saturated carbocycles. The summed E-state index contributed by atoms with van der Waals surface area (Å²) in [6.45, 7) is 1.89. The molecule has 0 spiro atoms. The summed E-state index contributed by atoms with van der Waals surface area (Å²) in [5, 5.41) is 0. The molecule has 0 saturated heterocycles. The fraction of sp³-hybridized carbons (Fsp3) is 0.154. The number of pyridine rings is 1. The van der Waals surface area contributed by atoms with Gasteiger partial charge in [-0.1, -0.05) is 30.0 Å². The third-order valence-corrected chi connectivity index (χ3v) is 3.75. The normalized spacial score (nSPS) is 11.6. The Kier molecular flexibility index (Phi) is 3.71. The summed E-state index contributed by atoms with van der Waals surface area (Å²) in [5.41, 5.74) is 5.97. The number of halogens is 3. The summed E-state index contributed by atoms with van der Waals surface area (Å²) < 4.78 is 37.8. The second-order valence-corrected chi connectivity index (χ2v) is 5.06. The second-order valence-electron chi connectivity index (χ2n) is 3.97. The molecule has 2 nitrogen and oxygen atoms in total. The van der Waals surface area contributed by atoms with Gasteiger partial charge >= 0.3 is 6.18 Å². The summed E-state index contributed by atoms with van der Waals surface area (Å²) in [7, 11) is 0. The Labute approximate surface area is 112 Å². The van der Waals surface area contributed by atoms with E-state index in [4.69, 9.17) is 5.73 Å². The topological polar surface area (TPSA) is 38.9 Å². The number of nitrogens with zero attached hydrogens (tertiary/aromatic N) is 1. The lowest BCUT2D eigenvalue weighted by Gasteiger charge is -2.11. The van der Waals surface area contributed by atoms with Gasteiger partial charge in [0.1, 0.15) is 5.69 Å². The first-order valence-corrected chi connectivity index (χ1v) is 6.26. The van der Waals surface area contributed by atoms with Crippen molar-refractivity contribution >= 4 is 17.4 Å². The van der Waals surface area contributed by atoms with Crippen molar-refractivity contribution in [1.82, 2.24) is 4.98 Å². The summed E-state index contributed by atoms with van der Waals surface area (Å²) in [6, 6.07) is 8.41. The zero-order chi connectivity index (χ0) is 14.0. The lowest BCUT2D eigenvalue weighted by molar-refractivity contribution is -0.141. The largest absolute Gasteiger partial charge is 0.433 e. The number of hydrogen-bond donors (Lipinski definition) is 1. The summed E-state index contributed by atoms with van der Waals surface area (Å²) >= 11 is 1.21. The van der Waals surface area contributed by atoms with Gasteiger partial charge in [-0.05, 0) is 24.6 Å². The van der Waals surface area contributed by atoms with Crippen molar-refractivity contribution in [3.8, 4) is 0 Å². The zero-order valence-electron chi connectivity index (χ0n) is 10.0. The minimum atomic E-state index is -4.46. The number of aryl methyl sites for hydroxylation is 1. The highest BCUT2D eigenvalue weighted by Crippen LogP contribution is 2.37. The minimum absolute atomic E-state index is 0.237. The first-order valence-electron chi connectivity index (χ1n) is 5.44. The molecule has 0 bridgehead atoms. The van der Waals surface area contributed by atoms with E-state index in [0.717, 1.165) is 22.7 Å². The smallest absolute Gasteiger partial charge is 0.397 e. The van der Waals surface area contributed by atoms with E-state index < -0.39 is 11.9 Å². The fourth-order valence-electron chi connectivity index (χ4n) is 1.48. The second kappa shape index (κ2) is 5.13. The van der Waals surface area contributed by atoms with Gasteiger partial charge in [0, 0.05) is 9.79 Å². The van der Waals surface area contributed by atoms with E-state index in [-0.39, 0.29) is 5.69 Å². The van der Waals surface area contributed by atoms with Crippen LogP contribution in [0.25, 0.3) is 0 Å². The van der Waals surface area contributed by atoms with Crippen molar-refractivity contribution in [2.24, 2.45) is 0 Å². The molecule has 6 heteroatoms. The highest BCUT2D eigenvalue weighted by Gasteiger charge is 2.33. The molecule has 0 aliphatic rings. The van der Waals surface area contributed by atoms with E-state index in [0.29, 0.717) is 4.90 Å². The predicted octanol–water partition coefficient (Wildman–Crippen LogP) is 4.14. The summed E-state index contributed by atoms with van der Waals surface area (Å²) in [6.07, 6.45) is -3.42. The molecule has 0 aliphatic carbocycles. The van der Waals surface area contributed by atoms with E-state index in [1.807, 2.05) is 31.2 Å². The van der Waals surface area contributed by atoms with E-state index in [1.165, 1.54) is 11.8 Å². The number of alkyl halides is 3. The standard InChI is InChI=1S/C13H11F3N2S/c1-8-4-2-3-5-10(8)19-11-6-12(13(14,15)16)18-7-9(11)17/h2-7H,17H2,1H3. The van der Waals surface area contributed by atoms with Crippen molar-refractivity contribution in [1.29, 1.82) is 0 Å². The Hall–Kier alpha value is -1.69. The van der Waals surface area contributed by atoms with Crippen LogP contribution in [-0.2, 0) is 6.18 Å². The Bertz CT molecular complexity index is 597. The maximum Gasteiger partial charge on any atom is 0.433 e. The van der Waals surface area contributed by atoms with Crippen LogP contribution < -0.4 is 5.73 Å². The molecule has 2 N–H and O–H groups in total. The van der Waals surface area contributed by atoms with Gasteiger partial charge in [0.25, 0.3) is 0 Å². The number of rotatable bonds is 2. The molecule has 19 heavy (non-hydrogen) atoms. The number of anilines is 1. The molecule has 0 fully saturated rings. The Morgan fingerprint density at radius 1 is 1.16 bits per heavy atom. The molecule has 100 valence electrons. The molecule has 0 amide bonds. The number of aromatic nitrogens is 1. The van der Waals surface area contributed by atoms with Crippen LogP contribution >= 0.6 is 11.8 Å². The molecule has 1 aromatic heterocycles. The zero-order valence-corrected chi connectivity index (χ0v) is 10.8. The first kappa shape index (κ1) is 13.7. The van der Waals surface area contributed by atoms with Gasteiger partial charge < -0.3 is 5.73 Å². The number of hydrogen-bond acceptors (Lipinski definition) is 3. The lowest BCUT2D eigenvalue weighted by atomic mass is 10.2. The molecule has 2 rings (SSSR count). The van der Waals surface area contributed by atoms with Crippen LogP contribution in [0.4, 0.5) is 18.9 Å². The number of nitrogens with two attached hydrogens (primary N) is 1. The molecule has 0 atom stereocenters. The molecule has 0 aliphatic heterocycles. The number of nitrogen functional groups attached to an aromatic ring is 1. The van der Waals surface area contributed by atoms with Gasteiger partial charge in [0.15, 0.2) is 0 Å². The Morgan fingerprint density at radius 3 is 2.47 bits per heavy atom. The molecule has 2 aromatic rings. The fourth-order valence-corrected chi connectivity index (χ4v) is 2.43. The maximum atomic E-state index is 12.6. The average molecular weight is 284 g/mol. The minimum Gasteiger partial charge on any atom is -0.397 e. The summed E-state index contributed by atoms with van der Waals surface area (Å²) in [5.74, 6) is 0. The molecular formula is C13H11F3N2S. The quantitative estimate of drug-likeness (QED) is 0.900. The molecule has 0 unspecified atom stereocenters. The molecule has 0 radical (unpaired) electrons. The highest BCUT2D eigenvalue weighted by molar-refractivity contribution is 7.99. The van der Waals surface area contributed by atoms with Crippen molar-refractivity contribution in [3.05, 3.63) is 47.8 Å². The van der Waals surface area contributed by atoms with Gasteiger partial charge in [-0.25, -0.2) is 4.98 Å². The maximum absolute atomic E-state index is 12.6. The van der Waals surface area contributed by atoms with E-state index >= 15 is 0 Å². The van der Waals surface area contributed by atoms with Crippen molar-refractivity contribution in [3.63, 3.8) is 0 Å². The van der Waals surface area contributed by atoms with Crippen LogP contribution in [0.15, 0.2) is 46.3 Å². The third-order valence-electron chi connectivity index (χ3n) is 2.50.